The molecule has 0 fully saturated rings. The van der Waals surface area contributed by atoms with Gasteiger partial charge >= 0.3 is 5.97 Å². The van der Waals surface area contributed by atoms with E-state index in [1.165, 1.54) is 0 Å². The van der Waals surface area contributed by atoms with E-state index in [2.05, 4.69) is 32.7 Å². The third kappa shape index (κ3) is 8.72. The fraction of sp³-hybridized carbons (Fsp3) is 0.923. The maximum absolute atomic E-state index is 10.7. The van der Waals surface area contributed by atoms with E-state index in [-0.39, 0.29) is 11.8 Å². The lowest BCUT2D eigenvalue weighted by molar-refractivity contribution is -0.139. The third-order valence-electron chi connectivity index (χ3n) is 2.57. The number of hydrogen-bond donors (Lipinski definition) is 1. The lowest BCUT2D eigenvalue weighted by Crippen LogP contribution is -2.34. The van der Waals surface area contributed by atoms with E-state index in [1.807, 2.05) is 13.8 Å². The summed E-state index contributed by atoms with van der Waals surface area (Å²) in [7, 11) is 2.06. The van der Waals surface area contributed by atoms with Crippen LogP contribution in [0.25, 0.3) is 0 Å². The number of aliphatic carboxylic acids is 1. The van der Waals surface area contributed by atoms with Crippen LogP contribution in [0.15, 0.2) is 0 Å². The van der Waals surface area contributed by atoms with Crippen LogP contribution in [0.4, 0.5) is 0 Å². The van der Waals surface area contributed by atoms with Gasteiger partial charge in [-0.1, -0.05) is 34.6 Å². The Hall–Kier alpha value is -0.570. The summed E-state index contributed by atoms with van der Waals surface area (Å²) in [5.41, 5.74) is 0.184. The molecule has 0 spiro atoms. The molecule has 0 amide bonds. The van der Waals surface area contributed by atoms with Gasteiger partial charge in [-0.2, -0.15) is 0 Å². The van der Waals surface area contributed by atoms with Crippen LogP contribution in [0.5, 0.6) is 0 Å². The highest BCUT2D eigenvalue weighted by Crippen LogP contribution is 2.23. The maximum atomic E-state index is 10.7. The van der Waals surface area contributed by atoms with Crippen molar-refractivity contribution in [1.82, 2.24) is 4.90 Å². The van der Waals surface area contributed by atoms with Gasteiger partial charge in [-0.25, -0.2) is 0 Å². The second-order valence-electron chi connectivity index (χ2n) is 6.78. The first kappa shape index (κ1) is 15.4. The summed E-state index contributed by atoms with van der Waals surface area (Å²) in [6, 6.07) is 0. The van der Waals surface area contributed by atoms with Crippen molar-refractivity contribution in [2.45, 2.75) is 47.5 Å². The first-order valence-electron chi connectivity index (χ1n) is 5.92. The predicted molar refractivity (Wildman–Crippen MR) is 67.6 cm³/mol. The summed E-state index contributed by atoms with van der Waals surface area (Å²) >= 11 is 0. The molecule has 1 N–H and O–H groups in total. The van der Waals surface area contributed by atoms with E-state index in [0.29, 0.717) is 5.41 Å². The zero-order valence-electron chi connectivity index (χ0n) is 11.6. The van der Waals surface area contributed by atoms with Gasteiger partial charge in [0.2, 0.25) is 0 Å². The Morgan fingerprint density at radius 2 is 1.69 bits per heavy atom. The summed E-state index contributed by atoms with van der Waals surface area (Å²) in [4.78, 5) is 12.9. The summed E-state index contributed by atoms with van der Waals surface area (Å²) in [5.74, 6) is -0.714. The van der Waals surface area contributed by atoms with E-state index >= 15 is 0 Å². The van der Waals surface area contributed by atoms with Crippen molar-refractivity contribution in [3.05, 3.63) is 0 Å². The molecule has 0 atom stereocenters. The third-order valence-corrected chi connectivity index (χ3v) is 2.57. The lowest BCUT2D eigenvalue weighted by Gasteiger charge is -2.30. The second kappa shape index (κ2) is 5.67. The van der Waals surface area contributed by atoms with E-state index < -0.39 is 5.97 Å². The van der Waals surface area contributed by atoms with E-state index in [0.717, 1.165) is 19.5 Å². The minimum Gasteiger partial charge on any atom is -0.481 e. The zero-order chi connectivity index (χ0) is 13.0. The number of carbonyl (C=O) groups is 1. The minimum absolute atomic E-state index is 0.154. The van der Waals surface area contributed by atoms with E-state index in [1.54, 1.807) is 0 Å². The van der Waals surface area contributed by atoms with Gasteiger partial charge in [0.05, 0.1) is 6.42 Å². The molecule has 0 saturated heterocycles. The second-order valence-corrected chi connectivity index (χ2v) is 6.78. The highest BCUT2D eigenvalue weighted by Gasteiger charge is 2.24. The molecule has 0 radical (unpaired) electrons. The van der Waals surface area contributed by atoms with Crippen LogP contribution in [0.2, 0.25) is 0 Å². The average Bonchev–Trinajstić information content (AvgIpc) is 1.95. The van der Waals surface area contributed by atoms with Gasteiger partial charge in [-0.15, -0.1) is 0 Å². The van der Waals surface area contributed by atoms with Gasteiger partial charge in [-0.3, -0.25) is 4.79 Å². The summed E-state index contributed by atoms with van der Waals surface area (Å²) < 4.78 is 0. The number of carboxylic acids is 1. The highest BCUT2D eigenvalue weighted by atomic mass is 16.4. The monoisotopic (exact) mass is 229 g/mol. The van der Waals surface area contributed by atoms with Crippen molar-refractivity contribution in [3.8, 4) is 0 Å². The molecule has 0 aliphatic carbocycles. The van der Waals surface area contributed by atoms with Crippen LogP contribution in [-0.4, -0.2) is 36.1 Å². The Morgan fingerprint density at radius 3 is 2.06 bits per heavy atom. The quantitative estimate of drug-likeness (QED) is 0.761. The maximum Gasteiger partial charge on any atom is 0.303 e. The topological polar surface area (TPSA) is 40.5 Å². The van der Waals surface area contributed by atoms with Crippen LogP contribution in [0, 0.1) is 10.8 Å². The van der Waals surface area contributed by atoms with Gasteiger partial charge in [0, 0.05) is 6.54 Å². The first-order valence-corrected chi connectivity index (χ1v) is 5.92. The van der Waals surface area contributed by atoms with Crippen molar-refractivity contribution in [1.29, 1.82) is 0 Å². The van der Waals surface area contributed by atoms with Crippen LogP contribution in [0.1, 0.15) is 47.5 Å². The lowest BCUT2D eigenvalue weighted by atomic mass is 9.88. The normalized spacial score (nSPS) is 13.2. The predicted octanol–water partition coefficient (Wildman–Crippen LogP) is 2.86. The Balaban J connectivity index is 4.03. The van der Waals surface area contributed by atoms with Gasteiger partial charge in [0.25, 0.3) is 0 Å². The van der Waals surface area contributed by atoms with Gasteiger partial charge < -0.3 is 10.0 Å². The molecule has 0 aliphatic rings. The molecular formula is C13H27NO2. The molecule has 0 aromatic rings. The molecular weight excluding hydrogens is 202 g/mol. The van der Waals surface area contributed by atoms with Crippen molar-refractivity contribution in [2.75, 3.05) is 20.1 Å². The molecule has 3 heteroatoms. The molecule has 0 saturated carbocycles. The van der Waals surface area contributed by atoms with Crippen molar-refractivity contribution < 1.29 is 9.90 Å². The van der Waals surface area contributed by atoms with Crippen molar-refractivity contribution in [2.24, 2.45) is 10.8 Å². The Morgan fingerprint density at radius 1 is 1.19 bits per heavy atom. The number of carboxylic acid groups (broad SMARTS) is 1. The fourth-order valence-electron chi connectivity index (χ4n) is 1.80. The fourth-order valence-corrected chi connectivity index (χ4v) is 1.80. The summed E-state index contributed by atoms with van der Waals surface area (Å²) in [5, 5.41) is 8.80. The molecule has 0 rings (SSSR count). The van der Waals surface area contributed by atoms with Crippen LogP contribution >= 0.6 is 0 Å². The number of rotatable bonds is 6. The molecule has 3 nitrogen and oxygen atoms in total. The van der Waals surface area contributed by atoms with Gasteiger partial charge in [-0.05, 0) is 30.8 Å². The zero-order valence-corrected chi connectivity index (χ0v) is 11.6. The molecule has 0 aromatic heterocycles. The summed E-state index contributed by atoms with van der Waals surface area (Å²) in [6.07, 6.45) is 1.36. The summed E-state index contributed by atoms with van der Waals surface area (Å²) in [6.45, 7) is 12.5. The molecule has 0 bridgehead atoms. The molecule has 0 aromatic carbocycles. The Labute approximate surface area is 99.8 Å². The highest BCUT2D eigenvalue weighted by molar-refractivity contribution is 5.67. The Kier molecular flexibility index (Phi) is 5.47. The Bertz CT molecular complexity index is 229. The SMILES string of the molecule is CN(CCC(C)(C)C)CC(C)(C)CC(=O)O. The van der Waals surface area contributed by atoms with E-state index in [9.17, 15) is 4.79 Å². The molecule has 0 heterocycles. The first-order chi connectivity index (χ1) is 7.02. The largest absolute Gasteiger partial charge is 0.481 e. The van der Waals surface area contributed by atoms with Crippen LogP contribution in [-0.2, 0) is 4.79 Å². The average molecular weight is 229 g/mol. The number of hydrogen-bond acceptors (Lipinski definition) is 2. The van der Waals surface area contributed by atoms with Crippen molar-refractivity contribution >= 4 is 5.97 Å². The standard InChI is InChI=1S/C13H27NO2/c1-12(2,3)7-8-14(6)10-13(4,5)9-11(15)16/h7-10H2,1-6H3,(H,15,16). The molecule has 16 heavy (non-hydrogen) atoms. The van der Waals surface area contributed by atoms with Crippen LogP contribution < -0.4 is 0 Å². The molecule has 0 unspecified atom stereocenters. The van der Waals surface area contributed by atoms with Gasteiger partial charge in [0.1, 0.15) is 0 Å². The van der Waals surface area contributed by atoms with E-state index in [4.69, 9.17) is 5.11 Å². The van der Waals surface area contributed by atoms with Crippen molar-refractivity contribution in [3.63, 3.8) is 0 Å². The van der Waals surface area contributed by atoms with Crippen LogP contribution in [0.3, 0.4) is 0 Å². The number of nitrogens with zero attached hydrogens (tertiary/aromatic N) is 1. The molecule has 0 aliphatic heterocycles. The van der Waals surface area contributed by atoms with Gasteiger partial charge in [0.15, 0.2) is 0 Å². The molecule has 96 valence electrons. The smallest absolute Gasteiger partial charge is 0.303 e. The minimum atomic E-state index is -0.714.